The predicted molar refractivity (Wildman–Crippen MR) is 60.3 cm³/mol. The smallest absolute Gasteiger partial charge is 0.200 e. The van der Waals surface area contributed by atoms with Crippen molar-refractivity contribution in [3.05, 3.63) is 40.7 Å². The quantitative estimate of drug-likeness (QED) is 0.338. The van der Waals surface area contributed by atoms with E-state index >= 15 is 0 Å². The van der Waals surface area contributed by atoms with Gasteiger partial charge in [0.05, 0.1) is 12.3 Å². The van der Waals surface area contributed by atoms with Gasteiger partial charge in [0.2, 0.25) is 5.82 Å². The van der Waals surface area contributed by atoms with Crippen molar-refractivity contribution in [1.82, 2.24) is 0 Å². The molecular weight excluding hydrogens is 289 g/mol. The lowest BCUT2D eigenvalue weighted by Gasteiger charge is -2.27. The van der Waals surface area contributed by atoms with Crippen molar-refractivity contribution in [3.8, 4) is 0 Å². The first-order valence-electron chi connectivity index (χ1n) is 5.17. The highest BCUT2D eigenvalue weighted by molar-refractivity contribution is 7.86. The summed E-state index contributed by atoms with van der Waals surface area (Å²) in [5, 5.41) is 0. The fourth-order valence-electron chi connectivity index (χ4n) is 1.66. The zero-order valence-electron chi connectivity index (χ0n) is 9.65. The number of rotatable bonds is 1. The van der Waals surface area contributed by atoms with Gasteiger partial charge in [-0.1, -0.05) is 11.6 Å². The molecule has 1 aromatic rings. The molecule has 0 fully saturated rings. The molecule has 0 aromatic heterocycles. The Labute approximate surface area is 108 Å². The first-order chi connectivity index (χ1) is 8.84. The lowest BCUT2D eigenvalue weighted by molar-refractivity contribution is 0.380. The van der Waals surface area contributed by atoms with Crippen LogP contribution in [0, 0.1) is 29.1 Å². The topological polar surface area (TPSA) is 20.3 Å². The molecule has 2 rings (SSSR count). The second-order valence-electron chi connectivity index (χ2n) is 3.99. The van der Waals surface area contributed by atoms with Crippen molar-refractivity contribution in [3.63, 3.8) is 0 Å². The van der Waals surface area contributed by atoms with Gasteiger partial charge in [0.15, 0.2) is 23.3 Å². The molecule has 1 heterocycles. The minimum Gasteiger partial charge on any atom is -0.282 e. The van der Waals surface area contributed by atoms with Crippen molar-refractivity contribution in [1.29, 1.82) is 0 Å². The van der Waals surface area contributed by atoms with E-state index in [0.717, 1.165) is 0 Å². The van der Waals surface area contributed by atoms with Gasteiger partial charge in [-0.25, -0.2) is 26.2 Å². The SMILES string of the molecule is CC1=CCS(=O)N(c2c(F)c(F)c(F)c(F)c2F)C1. The molecule has 0 saturated carbocycles. The third-order valence-electron chi connectivity index (χ3n) is 2.65. The van der Waals surface area contributed by atoms with Gasteiger partial charge in [0, 0.05) is 0 Å². The summed E-state index contributed by atoms with van der Waals surface area (Å²) < 4.78 is 78.6. The van der Waals surface area contributed by atoms with Gasteiger partial charge in [-0.05, 0) is 6.92 Å². The number of nitrogens with zero attached hydrogens (tertiary/aromatic N) is 1. The maximum Gasteiger partial charge on any atom is 0.200 e. The van der Waals surface area contributed by atoms with Crippen LogP contribution in [0.1, 0.15) is 6.92 Å². The van der Waals surface area contributed by atoms with E-state index in [9.17, 15) is 26.2 Å². The molecule has 19 heavy (non-hydrogen) atoms. The molecule has 1 unspecified atom stereocenters. The number of hydrogen-bond donors (Lipinski definition) is 0. The van der Waals surface area contributed by atoms with Gasteiger partial charge in [-0.2, -0.15) is 0 Å². The molecule has 0 aliphatic carbocycles. The van der Waals surface area contributed by atoms with Crippen LogP contribution in [0.15, 0.2) is 11.6 Å². The van der Waals surface area contributed by atoms with Crippen molar-refractivity contribution < 1.29 is 26.2 Å². The molecule has 8 heteroatoms. The van der Waals surface area contributed by atoms with Gasteiger partial charge in [-0.15, -0.1) is 0 Å². The van der Waals surface area contributed by atoms with E-state index in [-0.39, 0.29) is 12.3 Å². The van der Waals surface area contributed by atoms with Crippen LogP contribution in [0.5, 0.6) is 0 Å². The molecule has 1 aliphatic rings. The van der Waals surface area contributed by atoms with Crippen molar-refractivity contribution in [2.45, 2.75) is 6.92 Å². The van der Waals surface area contributed by atoms with Gasteiger partial charge < -0.3 is 0 Å². The first-order valence-corrected chi connectivity index (χ1v) is 6.45. The van der Waals surface area contributed by atoms with E-state index < -0.39 is 45.8 Å². The van der Waals surface area contributed by atoms with Crippen LogP contribution in [0.4, 0.5) is 27.6 Å². The molecule has 2 nitrogen and oxygen atoms in total. The lowest BCUT2D eigenvalue weighted by atomic mass is 10.2. The van der Waals surface area contributed by atoms with E-state index in [1.807, 2.05) is 0 Å². The Kier molecular flexibility index (Phi) is 3.62. The highest BCUT2D eigenvalue weighted by atomic mass is 32.2. The number of halogens is 5. The third kappa shape index (κ3) is 2.24. The zero-order chi connectivity index (χ0) is 14.3. The molecule has 0 N–H and O–H groups in total. The molecule has 104 valence electrons. The minimum atomic E-state index is -2.23. The molecule has 1 aliphatic heterocycles. The number of benzene rings is 1. The summed E-state index contributed by atoms with van der Waals surface area (Å²) in [4.78, 5) is 0. The largest absolute Gasteiger partial charge is 0.282 e. The Hall–Kier alpha value is -1.44. The average molecular weight is 297 g/mol. The second kappa shape index (κ2) is 4.92. The maximum atomic E-state index is 13.6. The highest BCUT2D eigenvalue weighted by Gasteiger charge is 2.32. The van der Waals surface area contributed by atoms with E-state index in [0.29, 0.717) is 9.88 Å². The average Bonchev–Trinajstić information content (AvgIpc) is 2.38. The summed E-state index contributed by atoms with van der Waals surface area (Å²) in [7, 11) is -1.87. The Balaban J connectivity index is 2.63. The molecule has 1 aromatic carbocycles. The van der Waals surface area contributed by atoms with Crippen LogP contribution < -0.4 is 4.31 Å². The molecule has 0 amide bonds. The van der Waals surface area contributed by atoms with Crippen molar-refractivity contribution in [2.24, 2.45) is 0 Å². The standard InChI is InChI=1S/C11H8F5NOS/c1-5-2-3-19(18)17(4-5)11-9(15)7(13)6(12)8(14)10(11)16/h2H,3-4H2,1H3. The van der Waals surface area contributed by atoms with Crippen LogP contribution >= 0.6 is 0 Å². The summed E-state index contributed by atoms with van der Waals surface area (Å²) in [5.74, 6) is -10.3. The maximum absolute atomic E-state index is 13.6. The lowest BCUT2D eigenvalue weighted by Crippen LogP contribution is -2.34. The highest BCUT2D eigenvalue weighted by Crippen LogP contribution is 2.32. The van der Waals surface area contributed by atoms with Gasteiger partial charge in [-0.3, -0.25) is 4.31 Å². The van der Waals surface area contributed by atoms with Crippen LogP contribution in [-0.4, -0.2) is 16.5 Å². The van der Waals surface area contributed by atoms with E-state index in [2.05, 4.69) is 0 Å². The predicted octanol–water partition coefficient (Wildman–Crippen LogP) is 2.81. The Bertz CT molecular complexity index is 572. The van der Waals surface area contributed by atoms with Crippen molar-refractivity contribution in [2.75, 3.05) is 16.6 Å². The number of hydrogen-bond acceptors (Lipinski definition) is 1. The van der Waals surface area contributed by atoms with E-state index in [1.54, 1.807) is 13.0 Å². The van der Waals surface area contributed by atoms with E-state index in [1.165, 1.54) is 0 Å². The van der Waals surface area contributed by atoms with Crippen LogP contribution in [0.25, 0.3) is 0 Å². The van der Waals surface area contributed by atoms with Crippen LogP contribution in [0.3, 0.4) is 0 Å². The van der Waals surface area contributed by atoms with Gasteiger partial charge >= 0.3 is 0 Å². The molecule has 0 bridgehead atoms. The Morgan fingerprint density at radius 2 is 1.47 bits per heavy atom. The summed E-state index contributed by atoms with van der Waals surface area (Å²) in [6.45, 7) is 1.44. The minimum absolute atomic E-state index is 0.0364. The Morgan fingerprint density at radius 3 is 2.00 bits per heavy atom. The summed E-state index contributed by atoms with van der Waals surface area (Å²) in [6.07, 6.45) is 1.58. The monoisotopic (exact) mass is 297 g/mol. The molecule has 0 radical (unpaired) electrons. The number of anilines is 1. The van der Waals surface area contributed by atoms with E-state index in [4.69, 9.17) is 0 Å². The van der Waals surface area contributed by atoms with Crippen LogP contribution in [0.2, 0.25) is 0 Å². The normalized spacial score (nSPS) is 19.6. The summed E-state index contributed by atoms with van der Waals surface area (Å²) >= 11 is 0. The molecular formula is C11H8F5NOS. The Morgan fingerprint density at radius 1 is 1.00 bits per heavy atom. The summed E-state index contributed by atoms with van der Waals surface area (Å²) in [6, 6.07) is 0. The van der Waals surface area contributed by atoms with Gasteiger partial charge in [0.25, 0.3) is 0 Å². The fourth-order valence-corrected chi connectivity index (χ4v) is 2.98. The third-order valence-corrected chi connectivity index (χ3v) is 3.90. The van der Waals surface area contributed by atoms with Crippen LogP contribution in [-0.2, 0) is 11.0 Å². The molecule has 0 saturated heterocycles. The summed E-state index contributed by atoms with van der Waals surface area (Å²) in [5.41, 5.74) is -0.522. The second-order valence-corrected chi connectivity index (χ2v) is 5.41. The van der Waals surface area contributed by atoms with Crippen molar-refractivity contribution >= 4 is 16.7 Å². The first kappa shape index (κ1) is 14.0. The fraction of sp³-hybridized carbons (Fsp3) is 0.273. The molecule has 1 atom stereocenters. The zero-order valence-corrected chi connectivity index (χ0v) is 10.5. The molecule has 0 spiro atoms. The van der Waals surface area contributed by atoms with Gasteiger partial charge in [0.1, 0.15) is 16.7 Å².